The lowest BCUT2D eigenvalue weighted by atomic mass is 10.2. The van der Waals surface area contributed by atoms with Gasteiger partial charge in [-0.15, -0.1) is 13.2 Å². The standard InChI is InChI=1S/C13H15N5O2/c1-3-5-17(6-4-2)11(19)7-10-8-12(20)18-13(16-10)14-9-15-18/h3-4,8-9,20H,1-2,5-7H2. The zero-order chi connectivity index (χ0) is 14.5. The first-order valence-electron chi connectivity index (χ1n) is 6.04. The van der Waals surface area contributed by atoms with Gasteiger partial charge in [0.05, 0.1) is 12.1 Å². The van der Waals surface area contributed by atoms with E-state index in [4.69, 9.17) is 0 Å². The van der Waals surface area contributed by atoms with Crippen molar-refractivity contribution in [1.29, 1.82) is 0 Å². The summed E-state index contributed by atoms with van der Waals surface area (Å²) in [5.41, 5.74) is 0.436. The molecule has 0 bridgehead atoms. The highest BCUT2D eigenvalue weighted by molar-refractivity contribution is 5.78. The van der Waals surface area contributed by atoms with Crippen LogP contribution in [0.15, 0.2) is 37.7 Å². The van der Waals surface area contributed by atoms with E-state index in [1.54, 1.807) is 17.1 Å². The van der Waals surface area contributed by atoms with Gasteiger partial charge in [0.25, 0.3) is 5.78 Å². The fourth-order valence-corrected chi connectivity index (χ4v) is 1.79. The van der Waals surface area contributed by atoms with Gasteiger partial charge in [0, 0.05) is 19.2 Å². The Bertz CT molecular complexity index is 639. The Morgan fingerprint density at radius 3 is 2.75 bits per heavy atom. The summed E-state index contributed by atoms with van der Waals surface area (Å²) in [6, 6.07) is 1.40. The summed E-state index contributed by atoms with van der Waals surface area (Å²) in [4.78, 5) is 21.8. The van der Waals surface area contributed by atoms with Crippen LogP contribution in [0.2, 0.25) is 0 Å². The van der Waals surface area contributed by atoms with Gasteiger partial charge >= 0.3 is 0 Å². The van der Waals surface area contributed by atoms with Crippen LogP contribution < -0.4 is 0 Å². The molecule has 0 aliphatic rings. The van der Waals surface area contributed by atoms with E-state index in [1.165, 1.54) is 16.9 Å². The van der Waals surface area contributed by atoms with Gasteiger partial charge in [-0.25, -0.2) is 4.98 Å². The Kier molecular flexibility index (Phi) is 4.09. The minimum absolute atomic E-state index is 0.0681. The van der Waals surface area contributed by atoms with Crippen molar-refractivity contribution in [3.8, 4) is 5.88 Å². The molecule has 0 aliphatic carbocycles. The van der Waals surface area contributed by atoms with Crippen LogP contribution in [0.25, 0.3) is 5.78 Å². The highest BCUT2D eigenvalue weighted by Crippen LogP contribution is 2.12. The molecule has 2 heterocycles. The number of amides is 1. The molecular formula is C13H15N5O2. The van der Waals surface area contributed by atoms with Crippen molar-refractivity contribution < 1.29 is 9.90 Å². The van der Waals surface area contributed by atoms with E-state index in [0.717, 1.165) is 0 Å². The SMILES string of the molecule is C=CCN(CC=C)C(=O)Cc1cc(O)n2ncnc2n1. The number of fused-ring (bicyclic) bond motifs is 1. The Morgan fingerprint density at radius 2 is 2.10 bits per heavy atom. The van der Waals surface area contributed by atoms with E-state index in [1.807, 2.05) is 0 Å². The number of carbonyl (C=O) groups excluding carboxylic acids is 1. The maximum Gasteiger partial charge on any atom is 0.255 e. The second-order valence-electron chi connectivity index (χ2n) is 4.13. The van der Waals surface area contributed by atoms with E-state index in [2.05, 4.69) is 28.2 Å². The topological polar surface area (TPSA) is 83.6 Å². The summed E-state index contributed by atoms with van der Waals surface area (Å²) in [6.45, 7) is 8.10. The monoisotopic (exact) mass is 273 g/mol. The zero-order valence-corrected chi connectivity index (χ0v) is 10.9. The summed E-state index contributed by atoms with van der Waals surface area (Å²) < 4.78 is 1.19. The second kappa shape index (κ2) is 5.96. The summed E-state index contributed by atoms with van der Waals surface area (Å²) in [6.07, 6.45) is 4.65. The molecule has 0 saturated carbocycles. The van der Waals surface area contributed by atoms with Gasteiger partial charge in [-0.05, 0) is 0 Å². The average Bonchev–Trinajstić information content (AvgIpc) is 2.87. The molecule has 7 nitrogen and oxygen atoms in total. The highest BCUT2D eigenvalue weighted by atomic mass is 16.3. The van der Waals surface area contributed by atoms with E-state index in [9.17, 15) is 9.90 Å². The molecule has 0 saturated heterocycles. The Morgan fingerprint density at radius 1 is 1.40 bits per heavy atom. The van der Waals surface area contributed by atoms with Crippen molar-refractivity contribution in [2.24, 2.45) is 0 Å². The third-order valence-corrected chi connectivity index (χ3v) is 2.67. The first kappa shape index (κ1) is 13.7. The van der Waals surface area contributed by atoms with Crippen molar-refractivity contribution >= 4 is 11.7 Å². The van der Waals surface area contributed by atoms with Crippen LogP contribution in [0.3, 0.4) is 0 Å². The van der Waals surface area contributed by atoms with Crippen molar-refractivity contribution in [3.63, 3.8) is 0 Å². The van der Waals surface area contributed by atoms with Gasteiger partial charge in [-0.3, -0.25) is 4.79 Å². The summed E-state index contributed by atoms with van der Waals surface area (Å²) in [7, 11) is 0. The highest BCUT2D eigenvalue weighted by Gasteiger charge is 2.14. The fourth-order valence-electron chi connectivity index (χ4n) is 1.79. The maximum atomic E-state index is 12.1. The molecule has 20 heavy (non-hydrogen) atoms. The van der Waals surface area contributed by atoms with E-state index in [0.29, 0.717) is 18.8 Å². The predicted octanol–water partition coefficient (Wildman–Crippen LogP) is 0.573. The number of aromatic hydroxyl groups is 1. The van der Waals surface area contributed by atoms with Crippen molar-refractivity contribution in [2.45, 2.75) is 6.42 Å². The number of aromatic nitrogens is 4. The van der Waals surface area contributed by atoms with Crippen LogP contribution in [0.1, 0.15) is 5.69 Å². The quantitative estimate of drug-likeness (QED) is 0.778. The maximum absolute atomic E-state index is 12.1. The molecule has 0 fully saturated rings. The molecule has 0 spiro atoms. The van der Waals surface area contributed by atoms with Crippen molar-refractivity contribution in [2.75, 3.05) is 13.1 Å². The van der Waals surface area contributed by atoms with Crippen LogP contribution in [0, 0.1) is 0 Å². The molecule has 0 aromatic carbocycles. The Balaban J connectivity index is 2.19. The number of hydrogen-bond donors (Lipinski definition) is 1. The van der Waals surface area contributed by atoms with Crippen LogP contribution in [0.5, 0.6) is 5.88 Å². The molecule has 1 amide bonds. The lowest BCUT2D eigenvalue weighted by Gasteiger charge is -2.18. The van der Waals surface area contributed by atoms with Gasteiger partial charge in [-0.1, -0.05) is 12.2 Å². The molecule has 104 valence electrons. The number of carbonyl (C=O) groups is 1. The third-order valence-electron chi connectivity index (χ3n) is 2.67. The third kappa shape index (κ3) is 2.82. The van der Waals surface area contributed by atoms with E-state index >= 15 is 0 Å². The first-order chi connectivity index (χ1) is 9.65. The summed E-state index contributed by atoms with van der Waals surface area (Å²) in [5, 5.41) is 13.6. The smallest absolute Gasteiger partial charge is 0.255 e. The summed E-state index contributed by atoms with van der Waals surface area (Å²) in [5.74, 6) is 0.0293. The van der Waals surface area contributed by atoms with Crippen LogP contribution >= 0.6 is 0 Å². The minimum atomic E-state index is -0.124. The van der Waals surface area contributed by atoms with Gasteiger partial charge in [0.15, 0.2) is 0 Å². The normalized spacial score (nSPS) is 10.4. The lowest BCUT2D eigenvalue weighted by Crippen LogP contribution is -2.32. The fraction of sp³-hybridized carbons (Fsp3) is 0.231. The summed E-state index contributed by atoms with van der Waals surface area (Å²) >= 11 is 0. The molecule has 1 N–H and O–H groups in total. The van der Waals surface area contributed by atoms with Crippen molar-refractivity contribution in [1.82, 2.24) is 24.5 Å². The molecule has 0 radical (unpaired) electrons. The number of rotatable bonds is 6. The molecule has 2 aromatic heterocycles. The van der Waals surface area contributed by atoms with E-state index in [-0.39, 0.29) is 24.0 Å². The molecule has 7 heteroatoms. The molecule has 0 unspecified atom stereocenters. The Labute approximate surface area is 115 Å². The number of hydrogen-bond acceptors (Lipinski definition) is 5. The minimum Gasteiger partial charge on any atom is -0.493 e. The second-order valence-corrected chi connectivity index (χ2v) is 4.13. The van der Waals surface area contributed by atoms with Crippen LogP contribution in [-0.4, -0.2) is 48.6 Å². The van der Waals surface area contributed by atoms with Gasteiger partial charge in [0.1, 0.15) is 6.33 Å². The molecule has 2 aromatic rings. The predicted molar refractivity (Wildman–Crippen MR) is 73.1 cm³/mol. The molecule has 0 atom stereocenters. The first-order valence-corrected chi connectivity index (χ1v) is 6.04. The number of nitrogens with zero attached hydrogens (tertiary/aromatic N) is 5. The van der Waals surface area contributed by atoms with Gasteiger partial charge < -0.3 is 10.0 Å². The van der Waals surface area contributed by atoms with Gasteiger partial charge in [0.2, 0.25) is 11.8 Å². The molecule has 2 rings (SSSR count). The molecular weight excluding hydrogens is 258 g/mol. The zero-order valence-electron chi connectivity index (χ0n) is 10.9. The largest absolute Gasteiger partial charge is 0.493 e. The van der Waals surface area contributed by atoms with Crippen LogP contribution in [0.4, 0.5) is 0 Å². The lowest BCUT2D eigenvalue weighted by molar-refractivity contribution is -0.129. The van der Waals surface area contributed by atoms with Crippen molar-refractivity contribution in [3.05, 3.63) is 43.4 Å². The van der Waals surface area contributed by atoms with Crippen LogP contribution in [-0.2, 0) is 11.2 Å². The Hall–Kier alpha value is -2.70. The average molecular weight is 273 g/mol. The van der Waals surface area contributed by atoms with E-state index < -0.39 is 0 Å². The van der Waals surface area contributed by atoms with Gasteiger partial charge in [-0.2, -0.15) is 14.6 Å². The molecule has 0 aliphatic heterocycles.